The van der Waals surface area contributed by atoms with Gasteiger partial charge in [-0.2, -0.15) is 0 Å². The van der Waals surface area contributed by atoms with Crippen LogP contribution in [-0.2, 0) is 4.79 Å². The minimum atomic E-state index is -0.247. The maximum Gasteiger partial charge on any atom is 0.224 e. The van der Waals surface area contributed by atoms with Gasteiger partial charge in [0.05, 0.1) is 6.54 Å². The third kappa shape index (κ3) is 3.97. The minimum Gasteiger partial charge on any atom is -0.492 e. The Morgan fingerprint density at radius 3 is 2.55 bits per heavy atom. The average molecular weight is 276 g/mol. The largest absolute Gasteiger partial charge is 0.492 e. The summed E-state index contributed by atoms with van der Waals surface area (Å²) in [5, 5.41) is 0. The number of nitrogens with zero attached hydrogens (tertiary/aromatic N) is 1. The highest BCUT2D eigenvalue weighted by atomic mass is 16.5. The van der Waals surface area contributed by atoms with Crippen molar-refractivity contribution in [2.45, 2.75) is 38.1 Å². The van der Waals surface area contributed by atoms with Gasteiger partial charge in [-0.3, -0.25) is 4.79 Å². The molecule has 4 nitrogen and oxygen atoms in total. The molecule has 1 fully saturated rings. The van der Waals surface area contributed by atoms with E-state index in [4.69, 9.17) is 10.5 Å². The van der Waals surface area contributed by atoms with E-state index in [9.17, 15) is 4.79 Å². The molecule has 4 heteroatoms. The van der Waals surface area contributed by atoms with E-state index in [2.05, 4.69) is 0 Å². The number of likely N-dealkylation sites (N-methyl/N-ethyl adjacent to an activating group) is 1. The van der Waals surface area contributed by atoms with Gasteiger partial charge in [0.25, 0.3) is 0 Å². The molecule has 0 aromatic heterocycles. The third-order valence-corrected chi connectivity index (χ3v) is 3.99. The van der Waals surface area contributed by atoms with Crippen LogP contribution in [0.5, 0.6) is 5.75 Å². The summed E-state index contributed by atoms with van der Waals surface area (Å²) in [6.07, 6.45) is 3.52. The van der Waals surface area contributed by atoms with Gasteiger partial charge in [-0.1, -0.05) is 17.7 Å². The molecule has 0 aliphatic heterocycles. The van der Waals surface area contributed by atoms with Crippen molar-refractivity contribution >= 4 is 5.91 Å². The first-order chi connectivity index (χ1) is 9.48. The molecule has 0 unspecified atom stereocenters. The lowest BCUT2D eigenvalue weighted by molar-refractivity contribution is -0.132. The fourth-order valence-corrected chi connectivity index (χ4v) is 2.30. The van der Waals surface area contributed by atoms with E-state index < -0.39 is 0 Å². The number of hydrogen-bond donors (Lipinski definition) is 1. The van der Waals surface area contributed by atoms with Gasteiger partial charge >= 0.3 is 0 Å². The van der Waals surface area contributed by atoms with E-state index in [0.29, 0.717) is 19.6 Å². The Hall–Kier alpha value is -1.55. The number of aryl methyl sites for hydroxylation is 1. The Balaban J connectivity index is 1.70. The summed E-state index contributed by atoms with van der Waals surface area (Å²) in [6, 6.07) is 7.92. The van der Waals surface area contributed by atoms with Gasteiger partial charge in [-0.25, -0.2) is 0 Å². The van der Waals surface area contributed by atoms with Crippen molar-refractivity contribution in [3.8, 4) is 5.75 Å². The number of nitrogens with two attached hydrogens (primary N) is 1. The molecule has 0 saturated heterocycles. The molecule has 110 valence electrons. The van der Waals surface area contributed by atoms with E-state index >= 15 is 0 Å². The third-order valence-electron chi connectivity index (χ3n) is 3.99. The quantitative estimate of drug-likeness (QED) is 0.865. The molecule has 1 aromatic rings. The zero-order chi connectivity index (χ0) is 14.6. The molecule has 1 aromatic carbocycles. The van der Waals surface area contributed by atoms with E-state index in [-0.39, 0.29) is 11.4 Å². The summed E-state index contributed by atoms with van der Waals surface area (Å²) in [4.78, 5) is 13.7. The van der Waals surface area contributed by atoms with Gasteiger partial charge in [0.1, 0.15) is 12.4 Å². The fourth-order valence-electron chi connectivity index (χ4n) is 2.30. The van der Waals surface area contributed by atoms with Crippen LogP contribution in [0.2, 0.25) is 0 Å². The summed E-state index contributed by atoms with van der Waals surface area (Å²) in [5.74, 6) is 0.949. The van der Waals surface area contributed by atoms with E-state index in [1.165, 1.54) is 5.56 Å². The Bertz CT molecular complexity index is 452. The Labute approximate surface area is 120 Å². The lowest BCUT2D eigenvalue weighted by Crippen LogP contribution is -2.50. The number of benzene rings is 1. The van der Waals surface area contributed by atoms with Crippen molar-refractivity contribution in [1.82, 2.24) is 4.90 Å². The van der Waals surface area contributed by atoms with Crippen LogP contribution in [0.25, 0.3) is 0 Å². The van der Waals surface area contributed by atoms with Crippen LogP contribution >= 0.6 is 0 Å². The first-order valence-corrected chi connectivity index (χ1v) is 7.21. The molecule has 0 bridgehead atoms. The number of ether oxygens (including phenoxy) is 1. The lowest BCUT2D eigenvalue weighted by Gasteiger charge is -2.38. The predicted octanol–water partition coefficient (Wildman–Crippen LogP) is 2.10. The zero-order valence-electron chi connectivity index (χ0n) is 12.4. The minimum absolute atomic E-state index is 0.111. The fraction of sp³-hybridized carbons (Fsp3) is 0.562. The van der Waals surface area contributed by atoms with E-state index in [1.807, 2.05) is 38.2 Å². The first kappa shape index (κ1) is 14.9. The second kappa shape index (κ2) is 6.27. The van der Waals surface area contributed by atoms with Crippen LogP contribution in [0.3, 0.4) is 0 Å². The van der Waals surface area contributed by atoms with Crippen molar-refractivity contribution in [3.05, 3.63) is 29.8 Å². The van der Waals surface area contributed by atoms with Crippen LogP contribution in [0.4, 0.5) is 0 Å². The standard InChI is InChI=1S/C16H24N2O2/c1-13-4-6-14(7-5-13)20-11-10-18(2)15(19)12-16(17)8-3-9-16/h4-7H,3,8-12,17H2,1-2H3. The first-order valence-electron chi connectivity index (χ1n) is 7.21. The smallest absolute Gasteiger partial charge is 0.224 e. The van der Waals surface area contributed by atoms with Gasteiger partial charge in [-0.05, 0) is 38.3 Å². The number of rotatable bonds is 6. The summed E-state index contributed by atoms with van der Waals surface area (Å²) >= 11 is 0. The van der Waals surface area contributed by atoms with Crippen molar-refractivity contribution < 1.29 is 9.53 Å². The topological polar surface area (TPSA) is 55.6 Å². The Morgan fingerprint density at radius 1 is 1.35 bits per heavy atom. The molecular weight excluding hydrogens is 252 g/mol. The molecule has 0 heterocycles. The van der Waals surface area contributed by atoms with E-state index in [0.717, 1.165) is 25.0 Å². The van der Waals surface area contributed by atoms with Gasteiger partial charge in [-0.15, -0.1) is 0 Å². The molecule has 1 saturated carbocycles. The van der Waals surface area contributed by atoms with E-state index in [1.54, 1.807) is 4.90 Å². The van der Waals surface area contributed by atoms with Crippen LogP contribution in [0.1, 0.15) is 31.2 Å². The van der Waals surface area contributed by atoms with Crippen molar-refractivity contribution in [3.63, 3.8) is 0 Å². The Morgan fingerprint density at radius 2 is 2.00 bits per heavy atom. The monoisotopic (exact) mass is 276 g/mol. The number of amides is 1. The molecule has 1 amide bonds. The lowest BCUT2D eigenvalue weighted by atomic mass is 9.75. The van der Waals surface area contributed by atoms with Crippen LogP contribution in [0.15, 0.2) is 24.3 Å². The molecule has 0 radical (unpaired) electrons. The summed E-state index contributed by atoms with van der Waals surface area (Å²) in [7, 11) is 1.81. The number of hydrogen-bond acceptors (Lipinski definition) is 3. The van der Waals surface area contributed by atoms with Crippen molar-refractivity contribution in [2.24, 2.45) is 5.73 Å². The van der Waals surface area contributed by atoms with Gasteiger partial charge in [0, 0.05) is 19.0 Å². The molecule has 0 atom stereocenters. The van der Waals surface area contributed by atoms with Crippen LogP contribution in [-0.4, -0.2) is 36.5 Å². The maximum atomic E-state index is 12.0. The summed E-state index contributed by atoms with van der Waals surface area (Å²) in [6.45, 7) is 3.13. The molecule has 1 aliphatic rings. The van der Waals surface area contributed by atoms with Gasteiger partial charge < -0.3 is 15.4 Å². The van der Waals surface area contributed by atoms with Crippen LogP contribution < -0.4 is 10.5 Å². The SMILES string of the molecule is Cc1ccc(OCCN(C)C(=O)CC2(N)CCC2)cc1. The number of carbonyl (C=O) groups is 1. The molecule has 20 heavy (non-hydrogen) atoms. The highest BCUT2D eigenvalue weighted by Gasteiger charge is 2.35. The second-order valence-corrected chi connectivity index (χ2v) is 5.87. The molecule has 1 aliphatic carbocycles. The second-order valence-electron chi connectivity index (χ2n) is 5.87. The molecule has 0 spiro atoms. The van der Waals surface area contributed by atoms with Crippen molar-refractivity contribution in [1.29, 1.82) is 0 Å². The molecular formula is C16H24N2O2. The van der Waals surface area contributed by atoms with Crippen LogP contribution in [0, 0.1) is 6.92 Å². The van der Waals surface area contributed by atoms with Gasteiger partial charge in [0.15, 0.2) is 0 Å². The molecule has 2 N–H and O–H groups in total. The highest BCUT2D eigenvalue weighted by Crippen LogP contribution is 2.32. The highest BCUT2D eigenvalue weighted by molar-refractivity contribution is 5.77. The maximum absolute atomic E-state index is 12.0. The molecule has 2 rings (SSSR count). The summed E-state index contributed by atoms with van der Waals surface area (Å²) in [5.41, 5.74) is 7.06. The van der Waals surface area contributed by atoms with Crippen molar-refractivity contribution in [2.75, 3.05) is 20.2 Å². The Kier molecular flexibility index (Phi) is 4.65. The number of carbonyl (C=O) groups excluding carboxylic acids is 1. The average Bonchev–Trinajstić information content (AvgIpc) is 2.39. The summed E-state index contributed by atoms with van der Waals surface area (Å²) < 4.78 is 5.63. The normalized spacial score (nSPS) is 16.4. The predicted molar refractivity (Wildman–Crippen MR) is 79.7 cm³/mol. The zero-order valence-corrected chi connectivity index (χ0v) is 12.4. The van der Waals surface area contributed by atoms with Gasteiger partial charge in [0.2, 0.25) is 5.91 Å².